The Labute approximate surface area is 125 Å². The molecule has 0 fully saturated rings. The predicted molar refractivity (Wildman–Crippen MR) is 80.5 cm³/mol. The molecule has 0 radical (unpaired) electrons. The Kier molecular flexibility index (Phi) is 3.27. The van der Waals surface area contributed by atoms with E-state index in [9.17, 15) is 9.59 Å². The van der Waals surface area contributed by atoms with Crippen molar-refractivity contribution in [1.82, 2.24) is 0 Å². The Morgan fingerprint density at radius 1 is 1.24 bits per heavy atom. The van der Waals surface area contributed by atoms with Crippen molar-refractivity contribution in [3.05, 3.63) is 53.1 Å². The standard InChI is InChI=1S/C15H11ClN2O3/c16-11-7-9(5-6-10(11)15(20)21)18-8-14(19)17-12-3-1-2-4-13(12)18/h1-7H,8H2,(H,17,19)(H,20,21). The molecule has 3 rings (SSSR count). The van der Waals surface area contributed by atoms with Crippen LogP contribution < -0.4 is 10.2 Å². The summed E-state index contributed by atoms with van der Waals surface area (Å²) < 4.78 is 0. The van der Waals surface area contributed by atoms with Crippen molar-refractivity contribution in [2.45, 2.75) is 0 Å². The minimum Gasteiger partial charge on any atom is -0.478 e. The molecule has 2 N–H and O–H groups in total. The second-order valence-electron chi connectivity index (χ2n) is 4.62. The van der Waals surface area contributed by atoms with Gasteiger partial charge in [0.1, 0.15) is 6.54 Å². The maximum absolute atomic E-state index is 11.8. The third kappa shape index (κ3) is 2.43. The summed E-state index contributed by atoms with van der Waals surface area (Å²) >= 11 is 6.00. The van der Waals surface area contributed by atoms with Crippen molar-refractivity contribution < 1.29 is 14.7 Å². The number of hydrogen-bond donors (Lipinski definition) is 2. The van der Waals surface area contributed by atoms with Gasteiger partial charge in [0.05, 0.1) is 22.0 Å². The molecular weight excluding hydrogens is 292 g/mol. The third-order valence-corrected chi connectivity index (χ3v) is 3.58. The molecule has 1 aliphatic rings. The second-order valence-corrected chi connectivity index (χ2v) is 5.03. The van der Waals surface area contributed by atoms with Crippen LogP contribution in [0.5, 0.6) is 0 Å². The predicted octanol–water partition coefficient (Wildman–Crippen LogP) is 3.13. The van der Waals surface area contributed by atoms with E-state index < -0.39 is 5.97 Å². The first-order valence-corrected chi connectivity index (χ1v) is 6.63. The van der Waals surface area contributed by atoms with E-state index in [1.165, 1.54) is 6.07 Å². The van der Waals surface area contributed by atoms with Crippen LogP contribution in [0, 0.1) is 0 Å². The molecule has 6 heteroatoms. The lowest BCUT2D eigenvalue weighted by Gasteiger charge is -2.31. The lowest BCUT2D eigenvalue weighted by molar-refractivity contribution is -0.115. The number of anilines is 3. The summed E-state index contributed by atoms with van der Waals surface area (Å²) in [7, 11) is 0. The fraction of sp³-hybridized carbons (Fsp3) is 0.0667. The van der Waals surface area contributed by atoms with Crippen LogP contribution in [0.2, 0.25) is 5.02 Å². The second kappa shape index (κ2) is 5.10. The normalized spacial score (nSPS) is 13.6. The zero-order chi connectivity index (χ0) is 15.0. The van der Waals surface area contributed by atoms with Crippen molar-refractivity contribution in [1.29, 1.82) is 0 Å². The third-order valence-electron chi connectivity index (χ3n) is 3.27. The molecule has 106 valence electrons. The van der Waals surface area contributed by atoms with Crippen LogP contribution in [-0.4, -0.2) is 23.5 Å². The molecule has 2 aromatic rings. The molecule has 1 aliphatic heterocycles. The van der Waals surface area contributed by atoms with Crippen LogP contribution in [0.1, 0.15) is 10.4 Å². The van der Waals surface area contributed by atoms with E-state index in [0.717, 1.165) is 5.69 Å². The van der Waals surface area contributed by atoms with Crippen LogP contribution in [0.25, 0.3) is 0 Å². The van der Waals surface area contributed by atoms with E-state index in [1.54, 1.807) is 17.0 Å². The van der Waals surface area contributed by atoms with E-state index in [4.69, 9.17) is 16.7 Å². The van der Waals surface area contributed by atoms with E-state index >= 15 is 0 Å². The quantitative estimate of drug-likeness (QED) is 0.894. The van der Waals surface area contributed by atoms with Crippen LogP contribution in [-0.2, 0) is 4.79 Å². The Hall–Kier alpha value is -2.53. The van der Waals surface area contributed by atoms with Crippen LogP contribution in [0.4, 0.5) is 17.1 Å². The smallest absolute Gasteiger partial charge is 0.337 e. The first kappa shape index (κ1) is 13.5. The summed E-state index contributed by atoms with van der Waals surface area (Å²) in [4.78, 5) is 24.6. The maximum Gasteiger partial charge on any atom is 0.337 e. The van der Waals surface area contributed by atoms with Crippen LogP contribution >= 0.6 is 11.6 Å². The molecule has 0 aliphatic carbocycles. The van der Waals surface area contributed by atoms with E-state index in [0.29, 0.717) is 11.4 Å². The van der Waals surface area contributed by atoms with E-state index in [-0.39, 0.29) is 23.0 Å². The van der Waals surface area contributed by atoms with Crippen molar-refractivity contribution >= 4 is 40.5 Å². The van der Waals surface area contributed by atoms with Crippen molar-refractivity contribution in [2.75, 3.05) is 16.8 Å². The topological polar surface area (TPSA) is 69.6 Å². The van der Waals surface area contributed by atoms with Crippen LogP contribution in [0.15, 0.2) is 42.5 Å². The molecule has 1 amide bonds. The Morgan fingerprint density at radius 2 is 2.00 bits per heavy atom. The van der Waals surface area contributed by atoms with Gasteiger partial charge in [0.15, 0.2) is 0 Å². The van der Waals surface area contributed by atoms with E-state index in [1.807, 2.05) is 24.3 Å². The number of carbonyl (C=O) groups is 2. The summed E-state index contributed by atoms with van der Waals surface area (Å²) in [6.45, 7) is 0.153. The fourth-order valence-corrected chi connectivity index (χ4v) is 2.56. The highest BCUT2D eigenvalue weighted by atomic mass is 35.5. The van der Waals surface area contributed by atoms with Gasteiger partial charge in [-0.05, 0) is 30.3 Å². The van der Waals surface area contributed by atoms with Gasteiger partial charge in [-0.2, -0.15) is 0 Å². The average Bonchev–Trinajstić information content (AvgIpc) is 2.45. The minimum absolute atomic E-state index is 0.0372. The minimum atomic E-state index is -1.08. The van der Waals surface area contributed by atoms with Crippen molar-refractivity contribution in [3.63, 3.8) is 0 Å². The fourth-order valence-electron chi connectivity index (χ4n) is 2.31. The van der Waals surface area contributed by atoms with Gasteiger partial charge in [-0.1, -0.05) is 23.7 Å². The number of rotatable bonds is 2. The number of benzene rings is 2. The lowest BCUT2D eigenvalue weighted by atomic mass is 10.1. The van der Waals surface area contributed by atoms with Gasteiger partial charge in [-0.15, -0.1) is 0 Å². The molecule has 0 aromatic heterocycles. The molecule has 21 heavy (non-hydrogen) atoms. The monoisotopic (exact) mass is 302 g/mol. The first-order chi connectivity index (χ1) is 10.1. The van der Waals surface area contributed by atoms with Gasteiger partial charge in [0.25, 0.3) is 0 Å². The number of carboxylic acids is 1. The molecule has 0 bridgehead atoms. The summed E-state index contributed by atoms with van der Waals surface area (Å²) in [6.07, 6.45) is 0. The summed E-state index contributed by atoms with van der Waals surface area (Å²) in [5.74, 6) is -1.21. The largest absolute Gasteiger partial charge is 0.478 e. The van der Waals surface area contributed by atoms with Crippen molar-refractivity contribution in [3.8, 4) is 0 Å². The van der Waals surface area contributed by atoms with Gasteiger partial charge >= 0.3 is 5.97 Å². The summed E-state index contributed by atoms with van der Waals surface area (Å²) in [5, 5.41) is 11.9. The SMILES string of the molecule is O=C1CN(c2ccc(C(=O)O)c(Cl)c2)c2ccccc2N1. The molecule has 5 nitrogen and oxygen atoms in total. The van der Waals surface area contributed by atoms with Gasteiger partial charge in [-0.25, -0.2) is 4.79 Å². The summed E-state index contributed by atoms with van der Waals surface area (Å²) in [6, 6.07) is 12.0. The van der Waals surface area contributed by atoms with Gasteiger partial charge in [0.2, 0.25) is 5.91 Å². The van der Waals surface area contributed by atoms with Gasteiger partial charge in [-0.3, -0.25) is 4.79 Å². The number of nitrogens with one attached hydrogen (secondary N) is 1. The molecule has 2 aromatic carbocycles. The number of aromatic carboxylic acids is 1. The molecule has 1 heterocycles. The molecule has 0 atom stereocenters. The molecular formula is C15H11ClN2O3. The number of carboxylic acid groups (broad SMARTS) is 1. The Balaban J connectivity index is 2.07. The number of amides is 1. The Morgan fingerprint density at radius 3 is 2.71 bits per heavy atom. The van der Waals surface area contributed by atoms with Crippen molar-refractivity contribution in [2.24, 2.45) is 0 Å². The number of nitrogens with zero attached hydrogens (tertiary/aromatic N) is 1. The highest BCUT2D eigenvalue weighted by molar-refractivity contribution is 6.33. The van der Waals surface area contributed by atoms with E-state index in [2.05, 4.69) is 5.32 Å². The van der Waals surface area contributed by atoms with Crippen LogP contribution in [0.3, 0.4) is 0 Å². The zero-order valence-corrected chi connectivity index (χ0v) is 11.6. The highest BCUT2D eigenvalue weighted by Gasteiger charge is 2.23. The van der Waals surface area contributed by atoms with Gasteiger partial charge < -0.3 is 15.3 Å². The lowest BCUT2D eigenvalue weighted by Crippen LogP contribution is -2.34. The summed E-state index contributed by atoms with van der Waals surface area (Å²) in [5.41, 5.74) is 2.27. The number of halogens is 1. The maximum atomic E-state index is 11.8. The number of fused-ring (bicyclic) bond motifs is 1. The molecule has 0 saturated carbocycles. The number of para-hydroxylation sites is 2. The average molecular weight is 303 g/mol. The Bertz CT molecular complexity index is 745. The molecule has 0 saturated heterocycles. The highest BCUT2D eigenvalue weighted by Crippen LogP contribution is 2.36. The number of hydrogen-bond acceptors (Lipinski definition) is 3. The molecule has 0 spiro atoms. The number of carbonyl (C=O) groups excluding carboxylic acids is 1. The van der Waals surface area contributed by atoms with Gasteiger partial charge in [0, 0.05) is 5.69 Å². The zero-order valence-electron chi connectivity index (χ0n) is 10.8. The first-order valence-electron chi connectivity index (χ1n) is 6.25. The molecule has 0 unspecified atom stereocenters.